The molecule has 2 aromatic rings. The van der Waals surface area contributed by atoms with Crippen LogP contribution in [-0.4, -0.2) is 59.4 Å². The molecule has 1 aromatic heterocycles. The Bertz CT molecular complexity index is 817. The lowest BCUT2D eigenvalue weighted by Gasteiger charge is -2.34. The van der Waals surface area contributed by atoms with E-state index >= 15 is 0 Å². The van der Waals surface area contributed by atoms with E-state index in [-0.39, 0.29) is 11.8 Å². The van der Waals surface area contributed by atoms with Gasteiger partial charge in [-0.15, -0.1) is 0 Å². The zero-order valence-electron chi connectivity index (χ0n) is 15.6. The molecule has 0 saturated carbocycles. The molecule has 142 valence electrons. The van der Waals surface area contributed by atoms with Crippen molar-refractivity contribution in [3.8, 4) is 0 Å². The number of hydrogen-bond donors (Lipinski definition) is 2. The smallest absolute Gasteiger partial charge is 0.274 e. The van der Waals surface area contributed by atoms with E-state index < -0.39 is 0 Å². The van der Waals surface area contributed by atoms with Gasteiger partial charge in [0.25, 0.3) is 5.91 Å². The number of aromatic nitrogens is 2. The minimum absolute atomic E-state index is 0.165. The number of amides is 2. The Hall–Kier alpha value is -3.00. The zero-order chi connectivity index (χ0) is 19.2. The van der Waals surface area contributed by atoms with Gasteiger partial charge in [0.15, 0.2) is 0 Å². The molecule has 0 aliphatic carbocycles. The van der Waals surface area contributed by atoms with Crippen molar-refractivity contribution in [1.82, 2.24) is 14.9 Å². The Labute approximate surface area is 158 Å². The number of likely N-dealkylation sites (N-methyl/N-ethyl adjacent to an activating group) is 1. The third kappa shape index (κ3) is 5.01. The number of rotatable bonds is 5. The van der Waals surface area contributed by atoms with E-state index in [0.29, 0.717) is 17.1 Å². The monoisotopic (exact) mass is 368 g/mol. The molecule has 0 bridgehead atoms. The van der Waals surface area contributed by atoms with E-state index in [1.807, 2.05) is 0 Å². The highest BCUT2D eigenvalue weighted by Gasteiger charge is 2.18. The molecular weight excluding hydrogens is 344 g/mol. The fraction of sp³-hybridized carbons (Fsp3) is 0.368. The van der Waals surface area contributed by atoms with Crippen LogP contribution in [0.2, 0.25) is 0 Å². The summed E-state index contributed by atoms with van der Waals surface area (Å²) in [6, 6.07) is 8.70. The van der Waals surface area contributed by atoms with Crippen molar-refractivity contribution in [2.45, 2.75) is 13.8 Å². The van der Waals surface area contributed by atoms with Crippen LogP contribution in [0.4, 0.5) is 17.2 Å². The first-order valence-corrected chi connectivity index (χ1v) is 9.03. The van der Waals surface area contributed by atoms with Crippen molar-refractivity contribution in [3.05, 3.63) is 42.4 Å². The quantitative estimate of drug-likeness (QED) is 0.837. The third-order valence-electron chi connectivity index (χ3n) is 4.47. The molecule has 2 N–H and O–H groups in total. The average molecular weight is 368 g/mol. The van der Waals surface area contributed by atoms with Crippen LogP contribution < -0.4 is 15.5 Å². The lowest BCUT2D eigenvalue weighted by molar-refractivity contribution is -0.114. The minimum atomic E-state index is -0.314. The van der Waals surface area contributed by atoms with Crippen molar-refractivity contribution < 1.29 is 9.59 Å². The highest BCUT2D eigenvalue weighted by molar-refractivity contribution is 6.03. The molecule has 27 heavy (non-hydrogen) atoms. The molecule has 0 atom stereocenters. The van der Waals surface area contributed by atoms with Gasteiger partial charge in [-0.25, -0.2) is 9.97 Å². The predicted octanol–water partition coefficient (Wildman–Crippen LogP) is 1.83. The van der Waals surface area contributed by atoms with Crippen LogP contribution in [0, 0.1) is 0 Å². The summed E-state index contributed by atoms with van der Waals surface area (Å²) in [5.74, 6) is 0.283. The van der Waals surface area contributed by atoms with E-state index in [1.54, 1.807) is 30.3 Å². The normalized spacial score (nSPS) is 14.7. The van der Waals surface area contributed by atoms with Gasteiger partial charge in [0.2, 0.25) is 5.91 Å². The SMILES string of the molecule is CCN1CCN(c2cc(C(=O)Nc3cccc(NC(C)=O)c3)ncn2)CC1. The summed E-state index contributed by atoms with van der Waals surface area (Å²) in [7, 11) is 0. The van der Waals surface area contributed by atoms with Crippen LogP contribution in [0.3, 0.4) is 0 Å². The Morgan fingerprint density at radius 2 is 1.74 bits per heavy atom. The van der Waals surface area contributed by atoms with Gasteiger partial charge in [-0.2, -0.15) is 0 Å². The van der Waals surface area contributed by atoms with Crippen LogP contribution in [0.25, 0.3) is 0 Å². The van der Waals surface area contributed by atoms with Crippen molar-refractivity contribution in [2.75, 3.05) is 48.3 Å². The van der Waals surface area contributed by atoms with E-state index in [4.69, 9.17) is 0 Å². The summed E-state index contributed by atoms with van der Waals surface area (Å²) in [6.07, 6.45) is 1.42. The lowest BCUT2D eigenvalue weighted by atomic mass is 10.2. The number of nitrogens with zero attached hydrogens (tertiary/aromatic N) is 4. The summed E-state index contributed by atoms with van der Waals surface area (Å²) >= 11 is 0. The molecule has 1 aliphatic heterocycles. The van der Waals surface area contributed by atoms with E-state index in [0.717, 1.165) is 38.5 Å². The molecule has 0 spiro atoms. The highest BCUT2D eigenvalue weighted by atomic mass is 16.2. The van der Waals surface area contributed by atoms with Gasteiger partial charge in [-0.1, -0.05) is 13.0 Å². The molecule has 2 amide bonds. The van der Waals surface area contributed by atoms with Gasteiger partial charge >= 0.3 is 0 Å². The Morgan fingerprint density at radius 1 is 1.04 bits per heavy atom. The maximum atomic E-state index is 12.6. The van der Waals surface area contributed by atoms with E-state index in [9.17, 15) is 9.59 Å². The first kappa shape index (κ1) is 18.8. The summed E-state index contributed by atoms with van der Waals surface area (Å²) in [4.78, 5) is 36.7. The molecule has 3 rings (SSSR count). The second-order valence-electron chi connectivity index (χ2n) is 6.40. The molecule has 8 heteroatoms. The van der Waals surface area contributed by atoms with E-state index in [2.05, 4.69) is 37.3 Å². The number of carbonyl (C=O) groups excluding carboxylic acids is 2. The van der Waals surface area contributed by atoms with Crippen LogP contribution in [0.5, 0.6) is 0 Å². The number of nitrogens with one attached hydrogen (secondary N) is 2. The molecule has 1 saturated heterocycles. The van der Waals surface area contributed by atoms with Gasteiger partial charge in [0, 0.05) is 50.5 Å². The Kier molecular flexibility index (Phi) is 5.97. The Morgan fingerprint density at radius 3 is 2.41 bits per heavy atom. The molecule has 2 heterocycles. The predicted molar refractivity (Wildman–Crippen MR) is 105 cm³/mol. The fourth-order valence-corrected chi connectivity index (χ4v) is 3.01. The number of hydrogen-bond acceptors (Lipinski definition) is 6. The molecule has 0 radical (unpaired) electrons. The molecular formula is C19H24N6O2. The van der Waals surface area contributed by atoms with Crippen molar-refractivity contribution in [3.63, 3.8) is 0 Å². The standard InChI is InChI=1S/C19H24N6O2/c1-3-24-7-9-25(10-8-24)18-12-17(20-13-21-18)19(27)23-16-6-4-5-15(11-16)22-14(2)26/h4-6,11-13H,3,7-10H2,1-2H3,(H,22,26)(H,23,27). The lowest BCUT2D eigenvalue weighted by Crippen LogP contribution is -2.46. The first-order valence-electron chi connectivity index (χ1n) is 9.03. The largest absolute Gasteiger partial charge is 0.354 e. The summed E-state index contributed by atoms with van der Waals surface area (Å²) in [5.41, 5.74) is 1.52. The van der Waals surface area contributed by atoms with Gasteiger partial charge in [0.1, 0.15) is 17.8 Å². The van der Waals surface area contributed by atoms with Crippen LogP contribution >= 0.6 is 0 Å². The van der Waals surface area contributed by atoms with E-state index in [1.165, 1.54) is 13.3 Å². The van der Waals surface area contributed by atoms with Gasteiger partial charge < -0.3 is 20.4 Å². The molecule has 1 aromatic carbocycles. The molecule has 1 aliphatic rings. The van der Waals surface area contributed by atoms with Gasteiger partial charge in [0.05, 0.1) is 0 Å². The van der Waals surface area contributed by atoms with Gasteiger partial charge in [-0.05, 0) is 24.7 Å². The van der Waals surface area contributed by atoms with Crippen molar-refractivity contribution >= 4 is 29.0 Å². The molecule has 8 nitrogen and oxygen atoms in total. The maximum Gasteiger partial charge on any atom is 0.274 e. The van der Waals surface area contributed by atoms with Gasteiger partial charge in [-0.3, -0.25) is 9.59 Å². The summed E-state index contributed by atoms with van der Waals surface area (Å²) in [5, 5.41) is 5.50. The molecule has 1 fully saturated rings. The van der Waals surface area contributed by atoms with Crippen LogP contribution in [0.1, 0.15) is 24.3 Å². The summed E-state index contributed by atoms with van der Waals surface area (Å²) in [6.45, 7) is 8.37. The second-order valence-corrected chi connectivity index (χ2v) is 6.40. The third-order valence-corrected chi connectivity index (χ3v) is 4.47. The van der Waals surface area contributed by atoms with Crippen molar-refractivity contribution in [1.29, 1.82) is 0 Å². The zero-order valence-corrected chi connectivity index (χ0v) is 15.6. The summed E-state index contributed by atoms with van der Waals surface area (Å²) < 4.78 is 0. The van der Waals surface area contributed by atoms with Crippen molar-refractivity contribution in [2.24, 2.45) is 0 Å². The highest BCUT2D eigenvalue weighted by Crippen LogP contribution is 2.17. The second kappa shape index (κ2) is 8.59. The Balaban J connectivity index is 1.68. The molecule has 0 unspecified atom stereocenters. The number of carbonyl (C=O) groups is 2. The number of benzene rings is 1. The maximum absolute atomic E-state index is 12.6. The number of piperazine rings is 1. The number of anilines is 3. The fourth-order valence-electron chi connectivity index (χ4n) is 3.01. The average Bonchev–Trinajstić information content (AvgIpc) is 2.68. The van der Waals surface area contributed by atoms with Crippen LogP contribution in [0.15, 0.2) is 36.7 Å². The minimum Gasteiger partial charge on any atom is -0.354 e. The van der Waals surface area contributed by atoms with Crippen LogP contribution in [-0.2, 0) is 4.79 Å². The first-order chi connectivity index (χ1) is 13.0. The topological polar surface area (TPSA) is 90.5 Å².